The topological polar surface area (TPSA) is 17.6 Å². The maximum atomic E-state index is 9.08. The number of rotatable bonds is 7. The van der Waals surface area contributed by atoms with Gasteiger partial charge in [-0.2, -0.15) is 0 Å². The molecule has 9 heteroatoms. The normalized spacial score (nSPS) is 13.7. The second-order valence-electron chi connectivity index (χ2n) is 17.2. The molecule has 0 atom stereocenters. The molecule has 3 heterocycles. The lowest BCUT2D eigenvalue weighted by Gasteiger charge is -2.44. The van der Waals surface area contributed by atoms with Crippen molar-refractivity contribution in [2.75, 3.05) is 0 Å². The Labute approximate surface area is 385 Å². The van der Waals surface area contributed by atoms with E-state index in [0.717, 1.165) is 84.1 Å². The number of nitrogens with zero attached hydrogens (tertiary/aromatic N) is 4. The van der Waals surface area contributed by atoms with Gasteiger partial charge in [-0.05, 0) is 63.8 Å². The third-order valence-electron chi connectivity index (χ3n) is 12.8. The number of fused-ring (bicyclic) bond motifs is 2. The SMILES string of the molecule is Cc1cc(C)c(-n2c(-c3ccccc3)c(-c3ccccc3)[n+]3c2[B-](Cl)(Cl)c2n(-c4c(C)cc(C)cc4C)c(-c4ccccc4)c(-c4ccccc4)[n+]2[B-]3(Cl)c2ccccc2)c(C)c1. The number of hydrogen-bond donors (Lipinski definition) is 0. The molecule has 0 spiro atoms. The highest BCUT2D eigenvalue weighted by atomic mass is 35.5. The molecule has 63 heavy (non-hydrogen) atoms. The van der Waals surface area contributed by atoms with E-state index >= 15 is 0 Å². The summed E-state index contributed by atoms with van der Waals surface area (Å²) in [6.45, 7) is 13.0. The molecule has 10 rings (SSSR count). The standard InChI is InChI=1S/C54H47B2Cl3N4/c1-36-32-38(3)47(39(4)33-36)60-49(42-22-12-7-13-23-42)51(44-26-16-9-17-27-44)62-53(60)55(57,58)54-61(48-40(5)34-37(2)35-41(48)6)50(43-24-14-8-15-25-43)52(45-28-18-10-19-29-45)63(54)56(62,59)46-30-20-11-21-31-46/h7-35H,1-6H3. The molecule has 0 N–H and O–H groups in total. The largest absolute Gasteiger partial charge is 0.492 e. The van der Waals surface area contributed by atoms with Crippen LogP contribution in [0, 0.1) is 41.5 Å². The molecule has 310 valence electrons. The Bertz CT molecular complexity index is 2960. The number of aryl methyl sites for hydroxylation is 6. The van der Waals surface area contributed by atoms with Gasteiger partial charge in [0.1, 0.15) is 22.8 Å². The number of aromatic nitrogens is 4. The fourth-order valence-corrected chi connectivity index (χ4v) is 12.0. The van der Waals surface area contributed by atoms with Crippen LogP contribution < -0.4 is 25.9 Å². The fourth-order valence-electron chi connectivity index (χ4n) is 10.7. The van der Waals surface area contributed by atoms with Crippen molar-refractivity contribution < 1.29 is 8.96 Å². The van der Waals surface area contributed by atoms with Crippen LogP contribution in [-0.2, 0) is 0 Å². The summed E-state index contributed by atoms with van der Waals surface area (Å²) < 4.78 is 9.34. The van der Waals surface area contributed by atoms with Crippen LogP contribution in [0.4, 0.5) is 0 Å². The van der Waals surface area contributed by atoms with Crippen molar-refractivity contribution in [3.8, 4) is 56.4 Å². The molecule has 0 radical (unpaired) electrons. The van der Waals surface area contributed by atoms with E-state index in [1.165, 1.54) is 11.1 Å². The summed E-state index contributed by atoms with van der Waals surface area (Å²) in [5, 5.41) is 0. The van der Waals surface area contributed by atoms with Crippen LogP contribution in [0.15, 0.2) is 176 Å². The van der Waals surface area contributed by atoms with Crippen molar-refractivity contribution in [2.24, 2.45) is 0 Å². The smallest absolute Gasteiger partial charge is 0.399 e. The van der Waals surface area contributed by atoms with Crippen LogP contribution in [0.1, 0.15) is 33.4 Å². The molecule has 1 aliphatic rings. The van der Waals surface area contributed by atoms with Crippen LogP contribution in [0.25, 0.3) is 56.4 Å². The highest BCUT2D eigenvalue weighted by Gasteiger charge is 2.61. The molecule has 2 aromatic heterocycles. The van der Waals surface area contributed by atoms with Crippen molar-refractivity contribution in [2.45, 2.75) is 41.5 Å². The molecule has 0 saturated heterocycles. The minimum Gasteiger partial charge on any atom is -0.399 e. The molecule has 4 nitrogen and oxygen atoms in total. The van der Waals surface area contributed by atoms with Crippen molar-refractivity contribution >= 4 is 62.1 Å². The average Bonchev–Trinajstić information content (AvgIpc) is 3.84. The lowest BCUT2D eigenvalue weighted by molar-refractivity contribution is -0.651. The van der Waals surface area contributed by atoms with Gasteiger partial charge < -0.3 is 31.9 Å². The van der Waals surface area contributed by atoms with Crippen molar-refractivity contribution in [1.29, 1.82) is 0 Å². The molecule has 0 aliphatic carbocycles. The molecule has 7 aromatic carbocycles. The van der Waals surface area contributed by atoms with Gasteiger partial charge in [0.25, 0.3) is 0 Å². The van der Waals surface area contributed by atoms with Gasteiger partial charge in [0, 0.05) is 22.3 Å². The first-order valence-corrected chi connectivity index (χ1v) is 22.9. The van der Waals surface area contributed by atoms with Gasteiger partial charge in [-0.25, -0.2) is 9.13 Å². The quantitative estimate of drug-likeness (QED) is 0.142. The summed E-state index contributed by atoms with van der Waals surface area (Å²) in [5.74, 6) is -2.59. The van der Waals surface area contributed by atoms with Crippen LogP contribution in [-0.4, -0.2) is 19.9 Å². The molecule has 0 saturated carbocycles. The summed E-state index contributed by atoms with van der Waals surface area (Å²) in [6.07, 6.45) is 0. The van der Waals surface area contributed by atoms with Gasteiger partial charge in [-0.3, -0.25) is 11.5 Å². The van der Waals surface area contributed by atoms with E-state index in [0.29, 0.717) is 11.4 Å². The van der Waals surface area contributed by atoms with Crippen molar-refractivity contribution in [1.82, 2.24) is 9.13 Å². The molecule has 0 bridgehead atoms. The second kappa shape index (κ2) is 15.6. The lowest BCUT2D eigenvalue weighted by Crippen LogP contribution is -2.99. The zero-order valence-corrected chi connectivity index (χ0v) is 38.6. The lowest BCUT2D eigenvalue weighted by atomic mass is 9.55. The van der Waals surface area contributed by atoms with E-state index in [-0.39, 0.29) is 0 Å². The maximum Gasteiger partial charge on any atom is 0.492 e. The Morgan fingerprint density at radius 3 is 0.984 bits per heavy atom. The van der Waals surface area contributed by atoms with Gasteiger partial charge in [-0.15, -0.1) is 0 Å². The van der Waals surface area contributed by atoms with Crippen LogP contribution in [0.5, 0.6) is 0 Å². The van der Waals surface area contributed by atoms with Crippen molar-refractivity contribution in [3.63, 3.8) is 0 Å². The van der Waals surface area contributed by atoms with Gasteiger partial charge in [0.15, 0.2) is 11.4 Å². The van der Waals surface area contributed by atoms with E-state index in [9.17, 15) is 0 Å². The summed E-state index contributed by atoms with van der Waals surface area (Å²) in [4.78, 5) is -2.79. The minimum absolute atomic E-state index is 0.699. The van der Waals surface area contributed by atoms with Gasteiger partial charge in [-0.1, -0.05) is 193 Å². The number of halogens is 3. The first-order valence-electron chi connectivity index (χ1n) is 21.6. The molecule has 0 amide bonds. The Morgan fingerprint density at radius 2 is 0.667 bits per heavy atom. The van der Waals surface area contributed by atoms with E-state index in [4.69, 9.17) is 34.4 Å². The predicted molar refractivity (Wildman–Crippen MR) is 267 cm³/mol. The van der Waals surface area contributed by atoms with Gasteiger partial charge >= 0.3 is 10.8 Å². The number of benzene rings is 7. The summed E-state index contributed by atoms with van der Waals surface area (Å²) in [5.41, 5.74) is 18.8. The third kappa shape index (κ3) is 6.37. The highest BCUT2D eigenvalue weighted by molar-refractivity contribution is 7.55. The molecule has 0 fully saturated rings. The van der Waals surface area contributed by atoms with Crippen LogP contribution >= 0.6 is 34.4 Å². The Hall–Kier alpha value is -6.04. The van der Waals surface area contributed by atoms with Gasteiger partial charge in [0.05, 0.1) is 11.4 Å². The Morgan fingerprint density at radius 1 is 0.381 bits per heavy atom. The van der Waals surface area contributed by atoms with E-state index in [1.807, 2.05) is 6.07 Å². The second-order valence-corrected chi connectivity index (χ2v) is 19.4. The highest BCUT2D eigenvalue weighted by Crippen LogP contribution is 2.41. The molecular weight excluding hydrogens is 833 g/mol. The predicted octanol–water partition coefficient (Wildman–Crippen LogP) is 11.2. The molecule has 1 aliphatic heterocycles. The van der Waals surface area contributed by atoms with E-state index in [2.05, 4.69) is 229 Å². The number of imidazole rings is 2. The first-order chi connectivity index (χ1) is 30.4. The Balaban J connectivity index is 1.55. The van der Waals surface area contributed by atoms with E-state index < -0.39 is 10.8 Å². The Kier molecular flexibility index (Phi) is 10.2. The molecular formula is C54H47B2Cl3N4. The molecule has 0 unspecified atom stereocenters. The van der Waals surface area contributed by atoms with Gasteiger partial charge in [0.2, 0.25) is 0 Å². The number of hydrogen-bond acceptors (Lipinski definition) is 0. The minimum atomic E-state index is -2.79. The zero-order chi connectivity index (χ0) is 43.8. The molecule has 9 aromatic rings. The fraction of sp³-hybridized carbons (Fsp3) is 0.111. The first kappa shape index (κ1) is 41.0. The third-order valence-corrected chi connectivity index (χ3v) is 14.2. The zero-order valence-electron chi connectivity index (χ0n) is 36.3. The van der Waals surface area contributed by atoms with Crippen molar-refractivity contribution in [3.05, 3.63) is 209 Å². The van der Waals surface area contributed by atoms with E-state index in [1.54, 1.807) is 0 Å². The summed E-state index contributed by atoms with van der Waals surface area (Å²) in [7, 11) is 0. The summed E-state index contributed by atoms with van der Waals surface area (Å²) >= 11 is 26.4. The van der Waals surface area contributed by atoms with Crippen LogP contribution in [0.3, 0.4) is 0 Å². The summed E-state index contributed by atoms with van der Waals surface area (Å²) in [6, 6.07) is 61.8. The maximum absolute atomic E-state index is 9.08. The van der Waals surface area contributed by atoms with Crippen LogP contribution in [0.2, 0.25) is 0 Å². The average molecular weight is 880 g/mol. The monoisotopic (exact) mass is 878 g/mol.